The van der Waals surface area contributed by atoms with Gasteiger partial charge in [0.15, 0.2) is 0 Å². The topological polar surface area (TPSA) is 20.2 Å². The molecule has 1 aliphatic rings. The predicted molar refractivity (Wildman–Crippen MR) is 56.7 cm³/mol. The third-order valence-electron chi connectivity index (χ3n) is 2.72. The van der Waals surface area contributed by atoms with Crippen LogP contribution in [0.25, 0.3) is 0 Å². The van der Waals surface area contributed by atoms with Gasteiger partial charge >= 0.3 is 0 Å². The highest BCUT2D eigenvalue weighted by Crippen LogP contribution is 2.30. The Morgan fingerprint density at radius 1 is 1.31 bits per heavy atom. The average Bonchev–Trinajstić information content (AvgIpc) is 2.46. The van der Waals surface area contributed by atoms with Gasteiger partial charge < -0.3 is 5.11 Å². The molecule has 0 heterocycles. The maximum Gasteiger partial charge on any atom is 0.0433 e. The van der Waals surface area contributed by atoms with Crippen LogP contribution in [0.4, 0.5) is 0 Å². The van der Waals surface area contributed by atoms with Crippen LogP contribution in [0.1, 0.15) is 17.5 Å². The first-order valence-electron chi connectivity index (χ1n) is 4.68. The van der Waals surface area contributed by atoms with Crippen molar-refractivity contribution in [3.63, 3.8) is 0 Å². The summed E-state index contributed by atoms with van der Waals surface area (Å²) >= 11 is 3.47. The van der Waals surface area contributed by atoms with E-state index in [1.807, 2.05) is 0 Å². The molecule has 2 heteroatoms. The monoisotopic (exact) mass is 240 g/mol. The zero-order chi connectivity index (χ0) is 9.26. The highest BCUT2D eigenvalue weighted by atomic mass is 79.9. The third kappa shape index (κ3) is 1.94. The van der Waals surface area contributed by atoms with E-state index in [1.165, 1.54) is 11.1 Å². The molecule has 0 aliphatic heterocycles. The Morgan fingerprint density at radius 2 is 2.08 bits per heavy atom. The molecule has 0 bridgehead atoms. The predicted octanol–water partition coefficient (Wildman–Crippen LogP) is 2.55. The van der Waals surface area contributed by atoms with E-state index in [1.54, 1.807) is 0 Å². The molecular weight excluding hydrogens is 228 g/mol. The van der Waals surface area contributed by atoms with E-state index in [-0.39, 0.29) is 0 Å². The standard InChI is InChI=1S/C11H13BrO/c12-11-2-1-9-5-8(3-4-13)6-10(9)7-11/h1-2,7-8,13H,3-6H2. The van der Waals surface area contributed by atoms with Gasteiger partial charge in [-0.05, 0) is 48.4 Å². The molecule has 1 unspecified atom stereocenters. The molecule has 0 fully saturated rings. The fraction of sp³-hybridized carbons (Fsp3) is 0.455. The van der Waals surface area contributed by atoms with Crippen molar-refractivity contribution in [2.75, 3.05) is 6.61 Å². The van der Waals surface area contributed by atoms with Gasteiger partial charge in [0, 0.05) is 11.1 Å². The Balaban J connectivity index is 2.16. The Morgan fingerprint density at radius 3 is 2.85 bits per heavy atom. The van der Waals surface area contributed by atoms with Gasteiger partial charge in [-0.15, -0.1) is 0 Å². The van der Waals surface area contributed by atoms with E-state index in [4.69, 9.17) is 5.11 Å². The lowest BCUT2D eigenvalue weighted by Crippen LogP contribution is -2.01. The van der Waals surface area contributed by atoms with Crippen LogP contribution in [0.15, 0.2) is 22.7 Å². The summed E-state index contributed by atoms with van der Waals surface area (Å²) in [4.78, 5) is 0. The summed E-state index contributed by atoms with van der Waals surface area (Å²) in [5.74, 6) is 0.661. The second kappa shape index (κ2) is 3.81. The maximum absolute atomic E-state index is 8.85. The summed E-state index contributed by atoms with van der Waals surface area (Å²) in [7, 11) is 0. The molecule has 0 amide bonds. The van der Waals surface area contributed by atoms with Gasteiger partial charge in [-0.2, -0.15) is 0 Å². The Kier molecular flexibility index (Phi) is 2.70. The van der Waals surface area contributed by atoms with E-state index < -0.39 is 0 Å². The van der Waals surface area contributed by atoms with Crippen molar-refractivity contribution in [2.24, 2.45) is 5.92 Å². The van der Waals surface area contributed by atoms with E-state index in [0.29, 0.717) is 12.5 Å². The molecule has 1 N–H and O–H groups in total. The molecule has 13 heavy (non-hydrogen) atoms. The number of benzene rings is 1. The fourth-order valence-corrected chi connectivity index (χ4v) is 2.47. The Hall–Kier alpha value is -0.340. The molecular formula is C11H13BrO. The highest BCUT2D eigenvalue weighted by molar-refractivity contribution is 9.10. The largest absolute Gasteiger partial charge is 0.396 e. The van der Waals surface area contributed by atoms with Gasteiger partial charge in [-0.25, -0.2) is 0 Å². The van der Waals surface area contributed by atoms with Crippen molar-refractivity contribution in [2.45, 2.75) is 19.3 Å². The van der Waals surface area contributed by atoms with Crippen molar-refractivity contribution < 1.29 is 5.11 Å². The van der Waals surface area contributed by atoms with Gasteiger partial charge in [0.1, 0.15) is 0 Å². The first-order valence-corrected chi connectivity index (χ1v) is 5.47. The summed E-state index contributed by atoms with van der Waals surface area (Å²) in [6, 6.07) is 6.49. The van der Waals surface area contributed by atoms with Crippen molar-refractivity contribution in [3.05, 3.63) is 33.8 Å². The van der Waals surface area contributed by atoms with Gasteiger partial charge in [-0.3, -0.25) is 0 Å². The van der Waals surface area contributed by atoms with Gasteiger partial charge in [-0.1, -0.05) is 22.0 Å². The fourth-order valence-electron chi connectivity index (χ4n) is 2.06. The number of rotatable bonds is 2. The second-order valence-corrected chi connectivity index (χ2v) is 4.62. The highest BCUT2D eigenvalue weighted by Gasteiger charge is 2.20. The number of fused-ring (bicyclic) bond motifs is 1. The quantitative estimate of drug-likeness (QED) is 0.843. The molecule has 1 atom stereocenters. The van der Waals surface area contributed by atoms with E-state index in [9.17, 15) is 0 Å². The number of hydrogen-bond donors (Lipinski definition) is 1. The SMILES string of the molecule is OCCC1Cc2ccc(Br)cc2C1. The number of aliphatic hydroxyl groups is 1. The molecule has 70 valence electrons. The van der Waals surface area contributed by atoms with Crippen molar-refractivity contribution in [1.29, 1.82) is 0 Å². The summed E-state index contributed by atoms with van der Waals surface area (Å²) in [5.41, 5.74) is 2.91. The first kappa shape index (κ1) is 9.22. The molecule has 0 saturated heterocycles. The minimum Gasteiger partial charge on any atom is -0.396 e. The zero-order valence-corrected chi connectivity index (χ0v) is 9.05. The first-order chi connectivity index (χ1) is 6.29. The molecule has 2 rings (SSSR count). The van der Waals surface area contributed by atoms with E-state index in [2.05, 4.69) is 34.1 Å². The molecule has 1 aromatic rings. The van der Waals surface area contributed by atoms with Crippen molar-refractivity contribution in [3.8, 4) is 0 Å². The van der Waals surface area contributed by atoms with Crippen molar-refractivity contribution >= 4 is 15.9 Å². The molecule has 0 saturated carbocycles. The van der Waals surface area contributed by atoms with Crippen LogP contribution >= 0.6 is 15.9 Å². The Labute approximate surface area is 86.9 Å². The number of hydrogen-bond acceptors (Lipinski definition) is 1. The molecule has 0 spiro atoms. The van der Waals surface area contributed by atoms with E-state index in [0.717, 1.165) is 23.7 Å². The van der Waals surface area contributed by atoms with Gasteiger partial charge in [0.25, 0.3) is 0 Å². The van der Waals surface area contributed by atoms with Crippen LogP contribution in [0.3, 0.4) is 0 Å². The lowest BCUT2D eigenvalue weighted by molar-refractivity contribution is 0.259. The number of halogens is 1. The maximum atomic E-state index is 8.85. The number of aliphatic hydroxyl groups excluding tert-OH is 1. The van der Waals surface area contributed by atoms with Crippen LogP contribution in [0.5, 0.6) is 0 Å². The zero-order valence-electron chi connectivity index (χ0n) is 7.46. The second-order valence-electron chi connectivity index (χ2n) is 3.70. The minimum absolute atomic E-state index is 0.319. The molecule has 1 nitrogen and oxygen atoms in total. The summed E-state index contributed by atoms with van der Waals surface area (Å²) in [5, 5.41) is 8.85. The van der Waals surface area contributed by atoms with Crippen LogP contribution in [-0.2, 0) is 12.8 Å². The molecule has 1 aromatic carbocycles. The average molecular weight is 241 g/mol. The van der Waals surface area contributed by atoms with Gasteiger partial charge in [0.2, 0.25) is 0 Å². The van der Waals surface area contributed by atoms with Gasteiger partial charge in [0.05, 0.1) is 0 Å². The van der Waals surface area contributed by atoms with Crippen LogP contribution in [0, 0.1) is 5.92 Å². The molecule has 0 radical (unpaired) electrons. The Bertz CT molecular complexity index is 309. The molecule has 1 aliphatic carbocycles. The summed E-state index contributed by atoms with van der Waals surface area (Å²) < 4.78 is 1.16. The third-order valence-corrected chi connectivity index (χ3v) is 3.22. The van der Waals surface area contributed by atoms with Crippen molar-refractivity contribution in [1.82, 2.24) is 0 Å². The smallest absolute Gasteiger partial charge is 0.0433 e. The van der Waals surface area contributed by atoms with E-state index >= 15 is 0 Å². The molecule has 0 aromatic heterocycles. The normalized spacial score (nSPS) is 20.3. The lowest BCUT2D eigenvalue weighted by atomic mass is 10.0. The summed E-state index contributed by atoms with van der Waals surface area (Å²) in [6.07, 6.45) is 3.21. The van der Waals surface area contributed by atoms with Crippen LogP contribution in [-0.4, -0.2) is 11.7 Å². The summed E-state index contributed by atoms with van der Waals surface area (Å²) in [6.45, 7) is 0.319. The van der Waals surface area contributed by atoms with Crippen LogP contribution < -0.4 is 0 Å². The lowest BCUT2D eigenvalue weighted by Gasteiger charge is -2.03. The van der Waals surface area contributed by atoms with Crippen LogP contribution in [0.2, 0.25) is 0 Å². The minimum atomic E-state index is 0.319.